The smallest absolute Gasteiger partial charge is 0.0381 e. The van der Waals surface area contributed by atoms with Gasteiger partial charge in [0.2, 0.25) is 0 Å². The first-order valence-corrected chi connectivity index (χ1v) is 6.16. The van der Waals surface area contributed by atoms with Crippen LogP contribution in [0.3, 0.4) is 0 Å². The van der Waals surface area contributed by atoms with Crippen LogP contribution in [-0.4, -0.2) is 0 Å². The third-order valence-electron chi connectivity index (χ3n) is 2.94. The Balaban J connectivity index is 2.47. The van der Waals surface area contributed by atoms with Gasteiger partial charge in [0.25, 0.3) is 0 Å². The molecule has 0 aliphatic heterocycles. The topological polar surface area (TPSA) is 12.0 Å². The number of aryl methyl sites for hydroxylation is 1. The molecule has 1 N–H and O–H groups in total. The maximum atomic E-state index is 4.11. The van der Waals surface area contributed by atoms with E-state index < -0.39 is 0 Å². The highest BCUT2D eigenvalue weighted by molar-refractivity contribution is 5.48. The molecule has 1 nitrogen and oxygen atoms in total. The van der Waals surface area contributed by atoms with Gasteiger partial charge in [-0.05, 0) is 31.4 Å². The summed E-state index contributed by atoms with van der Waals surface area (Å²) in [7, 11) is 0. The number of rotatable bonds is 6. The molecule has 0 aromatic heterocycles. The molecule has 0 aliphatic rings. The Kier molecular flexibility index (Phi) is 5.10. The lowest BCUT2D eigenvalue weighted by Crippen LogP contribution is -2.07. The molecule has 0 fully saturated rings. The van der Waals surface area contributed by atoms with Crippen LogP contribution in [0, 0.1) is 12.8 Å². The van der Waals surface area contributed by atoms with E-state index in [9.17, 15) is 0 Å². The van der Waals surface area contributed by atoms with Gasteiger partial charge in [0, 0.05) is 11.4 Å². The Morgan fingerprint density at radius 2 is 1.94 bits per heavy atom. The molecule has 0 spiro atoms. The molecule has 1 unspecified atom stereocenters. The summed E-state index contributed by atoms with van der Waals surface area (Å²) in [6.45, 7) is 10.7. The molecule has 1 atom stereocenters. The molecule has 16 heavy (non-hydrogen) atoms. The molecular formula is C15H23N. The predicted molar refractivity (Wildman–Crippen MR) is 72.6 cm³/mol. The number of hydrogen-bond donors (Lipinski definition) is 1. The summed E-state index contributed by atoms with van der Waals surface area (Å²) in [5.41, 5.74) is 3.55. The van der Waals surface area contributed by atoms with E-state index in [0.29, 0.717) is 5.92 Å². The molecule has 1 aromatic rings. The number of unbranched alkanes of at least 4 members (excludes halogenated alkanes) is 1. The van der Waals surface area contributed by atoms with Gasteiger partial charge in [0.15, 0.2) is 0 Å². The largest absolute Gasteiger partial charge is 0.359 e. The summed E-state index contributed by atoms with van der Waals surface area (Å²) in [4.78, 5) is 0. The maximum Gasteiger partial charge on any atom is 0.0381 e. The second kappa shape index (κ2) is 6.37. The monoisotopic (exact) mass is 217 g/mol. The first-order valence-electron chi connectivity index (χ1n) is 6.16. The van der Waals surface area contributed by atoms with Gasteiger partial charge in [-0.3, -0.25) is 0 Å². The van der Waals surface area contributed by atoms with Gasteiger partial charge in [-0.15, -0.1) is 0 Å². The van der Waals surface area contributed by atoms with Gasteiger partial charge >= 0.3 is 0 Å². The van der Waals surface area contributed by atoms with Crippen molar-refractivity contribution in [1.82, 2.24) is 0 Å². The first kappa shape index (κ1) is 12.8. The van der Waals surface area contributed by atoms with E-state index in [0.717, 1.165) is 11.4 Å². The quantitative estimate of drug-likeness (QED) is 0.725. The van der Waals surface area contributed by atoms with Crippen molar-refractivity contribution >= 4 is 5.69 Å². The van der Waals surface area contributed by atoms with Crippen LogP contribution in [0.2, 0.25) is 0 Å². The standard InChI is InChI=1S/C15H23N/c1-5-6-7-13(3)14(4)16-15-10-8-12(2)9-11-15/h8-11,13,16H,4-7H2,1-3H3. The number of allylic oxidation sites excluding steroid dienone is 1. The molecule has 0 heterocycles. The van der Waals surface area contributed by atoms with Crippen molar-refractivity contribution in [2.75, 3.05) is 5.32 Å². The van der Waals surface area contributed by atoms with Gasteiger partial charge in [0.05, 0.1) is 0 Å². The lowest BCUT2D eigenvalue weighted by atomic mass is 10.0. The highest BCUT2D eigenvalue weighted by Crippen LogP contribution is 2.19. The third-order valence-corrected chi connectivity index (χ3v) is 2.94. The molecule has 0 saturated heterocycles. The predicted octanol–water partition coefficient (Wildman–Crippen LogP) is 4.75. The van der Waals surface area contributed by atoms with Crippen LogP contribution in [0.1, 0.15) is 38.7 Å². The fraction of sp³-hybridized carbons (Fsp3) is 0.467. The summed E-state index contributed by atoms with van der Waals surface area (Å²) in [6.07, 6.45) is 3.74. The molecule has 1 aromatic carbocycles. The molecule has 88 valence electrons. The minimum atomic E-state index is 0.543. The van der Waals surface area contributed by atoms with Crippen LogP contribution < -0.4 is 5.32 Å². The van der Waals surface area contributed by atoms with Gasteiger partial charge < -0.3 is 5.32 Å². The summed E-state index contributed by atoms with van der Waals surface area (Å²) < 4.78 is 0. The zero-order valence-electron chi connectivity index (χ0n) is 10.7. The molecule has 0 radical (unpaired) electrons. The molecular weight excluding hydrogens is 194 g/mol. The van der Waals surface area contributed by atoms with Crippen molar-refractivity contribution in [1.29, 1.82) is 0 Å². The van der Waals surface area contributed by atoms with Crippen LogP contribution in [0.4, 0.5) is 5.69 Å². The van der Waals surface area contributed by atoms with E-state index in [1.54, 1.807) is 0 Å². The minimum Gasteiger partial charge on any atom is -0.359 e. The number of anilines is 1. The maximum absolute atomic E-state index is 4.11. The second-order valence-corrected chi connectivity index (χ2v) is 4.56. The van der Waals surface area contributed by atoms with E-state index in [1.807, 2.05) is 0 Å². The van der Waals surface area contributed by atoms with Gasteiger partial charge in [-0.2, -0.15) is 0 Å². The first-order chi connectivity index (χ1) is 7.63. The van der Waals surface area contributed by atoms with Crippen LogP contribution in [-0.2, 0) is 0 Å². The van der Waals surface area contributed by atoms with Crippen molar-refractivity contribution in [2.45, 2.75) is 40.0 Å². The van der Waals surface area contributed by atoms with Crippen LogP contribution >= 0.6 is 0 Å². The van der Waals surface area contributed by atoms with E-state index in [1.165, 1.54) is 24.8 Å². The highest BCUT2D eigenvalue weighted by atomic mass is 14.9. The van der Waals surface area contributed by atoms with Gasteiger partial charge in [-0.25, -0.2) is 0 Å². The number of benzene rings is 1. The number of nitrogens with one attached hydrogen (secondary N) is 1. The molecule has 0 aliphatic carbocycles. The molecule has 1 heteroatoms. The van der Waals surface area contributed by atoms with Crippen molar-refractivity contribution in [2.24, 2.45) is 5.92 Å². The number of hydrogen-bond acceptors (Lipinski definition) is 1. The van der Waals surface area contributed by atoms with E-state index in [4.69, 9.17) is 0 Å². The van der Waals surface area contributed by atoms with Gasteiger partial charge in [0.1, 0.15) is 0 Å². The second-order valence-electron chi connectivity index (χ2n) is 4.56. The van der Waals surface area contributed by atoms with Crippen LogP contribution in [0.15, 0.2) is 36.5 Å². The molecule has 0 saturated carbocycles. The molecule has 1 rings (SSSR count). The lowest BCUT2D eigenvalue weighted by Gasteiger charge is -2.16. The summed E-state index contributed by atoms with van der Waals surface area (Å²) >= 11 is 0. The van der Waals surface area contributed by atoms with Crippen LogP contribution in [0.5, 0.6) is 0 Å². The average Bonchev–Trinajstić information content (AvgIpc) is 2.29. The Morgan fingerprint density at radius 3 is 2.50 bits per heavy atom. The molecule has 0 bridgehead atoms. The van der Waals surface area contributed by atoms with Crippen molar-refractivity contribution < 1.29 is 0 Å². The van der Waals surface area contributed by atoms with E-state index in [2.05, 4.69) is 56.9 Å². The van der Waals surface area contributed by atoms with E-state index >= 15 is 0 Å². The Labute approximate surface area is 99.6 Å². The Bertz CT molecular complexity index is 324. The van der Waals surface area contributed by atoms with E-state index in [-0.39, 0.29) is 0 Å². The highest BCUT2D eigenvalue weighted by Gasteiger charge is 2.05. The Hall–Kier alpha value is -1.24. The van der Waals surface area contributed by atoms with Crippen LogP contribution in [0.25, 0.3) is 0 Å². The van der Waals surface area contributed by atoms with Gasteiger partial charge in [-0.1, -0.05) is 51.0 Å². The van der Waals surface area contributed by atoms with Crippen molar-refractivity contribution in [3.05, 3.63) is 42.1 Å². The molecule has 0 amide bonds. The normalized spacial score (nSPS) is 12.2. The Morgan fingerprint density at radius 1 is 1.31 bits per heavy atom. The average molecular weight is 217 g/mol. The third kappa shape index (κ3) is 4.09. The minimum absolute atomic E-state index is 0.543. The lowest BCUT2D eigenvalue weighted by molar-refractivity contribution is 0.576. The fourth-order valence-electron chi connectivity index (χ4n) is 1.63. The fourth-order valence-corrected chi connectivity index (χ4v) is 1.63. The summed E-state index contributed by atoms with van der Waals surface area (Å²) in [5, 5.41) is 3.38. The summed E-state index contributed by atoms with van der Waals surface area (Å²) in [5.74, 6) is 0.543. The van der Waals surface area contributed by atoms with Crippen molar-refractivity contribution in [3.63, 3.8) is 0 Å². The zero-order chi connectivity index (χ0) is 12.0. The zero-order valence-corrected chi connectivity index (χ0v) is 10.7. The summed E-state index contributed by atoms with van der Waals surface area (Å²) in [6, 6.07) is 8.44. The SMILES string of the molecule is C=C(Nc1ccc(C)cc1)C(C)CCCC. The van der Waals surface area contributed by atoms with Crippen molar-refractivity contribution in [3.8, 4) is 0 Å².